The van der Waals surface area contributed by atoms with E-state index in [1.54, 1.807) is 0 Å². The number of aryl methyl sites for hydroxylation is 2. The van der Waals surface area contributed by atoms with Gasteiger partial charge in [-0.3, -0.25) is 4.68 Å². The molecule has 1 heterocycles. The highest BCUT2D eigenvalue weighted by molar-refractivity contribution is 5.16. The first kappa shape index (κ1) is 15.1. The number of aromatic nitrogens is 2. The van der Waals surface area contributed by atoms with E-state index in [-0.39, 0.29) is 6.10 Å². The molecule has 5 heteroatoms. The number of aliphatic hydroxyl groups excluding tert-OH is 1. The van der Waals surface area contributed by atoms with Gasteiger partial charge in [-0.05, 0) is 20.3 Å². The van der Waals surface area contributed by atoms with Gasteiger partial charge >= 0.3 is 0 Å². The lowest BCUT2D eigenvalue weighted by Crippen LogP contribution is -2.31. The van der Waals surface area contributed by atoms with Gasteiger partial charge in [0.1, 0.15) is 0 Å². The van der Waals surface area contributed by atoms with Crippen LogP contribution in [0.3, 0.4) is 0 Å². The maximum absolute atomic E-state index is 9.70. The van der Waals surface area contributed by atoms with Gasteiger partial charge in [0.25, 0.3) is 0 Å². The first-order chi connectivity index (χ1) is 8.52. The fraction of sp³-hybridized carbons (Fsp3) is 0.769. The van der Waals surface area contributed by atoms with Crippen molar-refractivity contribution in [2.24, 2.45) is 7.05 Å². The van der Waals surface area contributed by atoms with E-state index in [2.05, 4.69) is 17.3 Å². The van der Waals surface area contributed by atoms with Crippen LogP contribution < -0.4 is 5.32 Å². The summed E-state index contributed by atoms with van der Waals surface area (Å²) in [5.41, 5.74) is 2.30. The molecule has 1 atom stereocenters. The zero-order chi connectivity index (χ0) is 13.5. The van der Waals surface area contributed by atoms with Gasteiger partial charge in [0, 0.05) is 31.9 Å². The Hall–Kier alpha value is -0.910. The predicted molar refractivity (Wildman–Crippen MR) is 71.4 cm³/mol. The Morgan fingerprint density at radius 2 is 2.22 bits per heavy atom. The Labute approximate surface area is 109 Å². The van der Waals surface area contributed by atoms with Crippen molar-refractivity contribution in [1.82, 2.24) is 15.1 Å². The number of nitrogens with zero attached hydrogens (tertiary/aromatic N) is 2. The van der Waals surface area contributed by atoms with Crippen LogP contribution in [0.15, 0.2) is 6.20 Å². The van der Waals surface area contributed by atoms with Gasteiger partial charge < -0.3 is 15.2 Å². The maximum atomic E-state index is 9.70. The molecule has 104 valence electrons. The van der Waals surface area contributed by atoms with Gasteiger partial charge in [-0.25, -0.2) is 0 Å². The molecule has 0 saturated heterocycles. The lowest BCUT2D eigenvalue weighted by atomic mass is 10.2. The third kappa shape index (κ3) is 5.16. The van der Waals surface area contributed by atoms with Crippen molar-refractivity contribution in [1.29, 1.82) is 0 Å². The monoisotopic (exact) mass is 255 g/mol. The number of ether oxygens (including phenoxy) is 1. The molecular weight excluding hydrogens is 230 g/mol. The van der Waals surface area contributed by atoms with Gasteiger partial charge in [-0.2, -0.15) is 5.10 Å². The molecule has 1 unspecified atom stereocenters. The lowest BCUT2D eigenvalue weighted by molar-refractivity contribution is 0.00630. The van der Waals surface area contributed by atoms with E-state index in [4.69, 9.17) is 4.74 Å². The highest BCUT2D eigenvalue weighted by Crippen LogP contribution is 2.06. The van der Waals surface area contributed by atoms with E-state index in [0.29, 0.717) is 13.2 Å². The molecule has 2 N–H and O–H groups in total. The first-order valence-electron chi connectivity index (χ1n) is 6.54. The average Bonchev–Trinajstić information content (AvgIpc) is 2.67. The van der Waals surface area contributed by atoms with Gasteiger partial charge in [0.15, 0.2) is 0 Å². The topological polar surface area (TPSA) is 59.3 Å². The fourth-order valence-electron chi connectivity index (χ4n) is 1.76. The number of hydrogen-bond acceptors (Lipinski definition) is 4. The molecule has 1 aromatic heterocycles. The van der Waals surface area contributed by atoms with E-state index in [9.17, 15) is 5.11 Å². The molecule has 0 aliphatic carbocycles. The van der Waals surface area contributed by atoms with Gasteiger partial charge in [-0.15, -0.1) is 0 Å². The Balaban J connectivity index is 2.28. The Bertz CT molecular complexity index is 350. The maximum Gasteiger partial charge on any atom is 0.0897 e. The summed E-state index contributed by atoms with van der Waals surface area (Å²) in [6.07, 6.45) is 2.64. The van der Waals surface area contributed by atoms with Crippen molar-refractivity contribution in [2.45, 2.75) is 45.9 Å². The minimum atomic E-state index is -0.464. The quantitative estimate of drug-likeness (QED) is 0.723. The molecule has 0 bridgehead atoms. The average molecular weight is 255 g/mol. The van der Waals surface area contributed by atoms with Crippen LogP contribution in [0.2, 0.25) is 0 Å². The molecule has 0 fully saturated rings. The zero-order valence-corrected chi connectivity index (χ0v) is 11.8. The van der Waals surface area contributed by atoms with Crippen molar-refractivity contribution < 1.29 is 9.84 Å². The molecule has 5 nitrogen and oxygen atoms in total. The molecule has 0 saturated carbocycles. The van der Waals surface area contributed by atoms with Crippen molar-refractivity contribution >= 4 is 0 Å². The zero-order valence-electron chi connectivity index (χ0n) is 11.8. The highest BCUT2D eigenvalue weighted by Gasteiger charge is 2.08. The second-order valence-corrected chi connectivity index (χ2v) is 4.80. The van der Waals surface area contributed by atoms with E-state index in [0.717, 1.165) is 18.7 Å². The summed E-state index contributed by atoms with van der Waals surface area (Å²) in [5, 5.41) is 17.3. The van der Waals surface area contributed by atoms with Crippen LogP contribution in [0.4, 0.5) is 0 Å². The third-order valence-electron chi connectivity index (χ3n) is 2.64. The lowest BCUT2D eigenvalue weighted by Gasteiger charge is -2.14. The van der Waals surface area contributed by atoms with Crippen LogP contribution >= 0.6 is 0 Å². The van der Waals surface area contributed by atoms with Gasteiger partial charge in [-0.1, -0.05) is 6.92 Å². The summed E-state index contributed by atoms with van der Waals surface area (Å²) in [7, 11) is 1.92. The van der Waals surface area contributed by atoms with Crippen molar-refractivity contribution in [3.8, 4) is 0 Å². The van der Waals surface area contributed by atoms with Crippen LogP contribution in [0, 0.1) is 0 Å². The Morgan fingerprint density at radius 3 is 2.83 bits per heavy atom. The highest BCUT2D eigenvalue weighted by atomic mass is 16.5. The molecule has 18 heavy (non-hydrogen) atoms. The summed E-state index contributed by atoms with van der Waals surface area (Å²) in [4.78, 5) is 0. The molecule has 1 rings (SSSR count). The van der Waals surface area contributed by atoms with Crippen molar-refractivity contribution in [3.05, 3.63) is 17.5 Å². The van der Waals surface area contributed by atoms with Gasteiger partial charge in [0.05, 0.1) is 24.5 Å². The number of aliphatic hydroxyl groups is 1. The van der Waals surface area contributed by atoms with Crippen molar-refractivity contribution in [2.75, 3.05) is 13.2 Å². The fourth-order valence-corrected chi connectivity index (χ4v) is 1.76. The van der Waals surface area contributed by atoms with Crippen LogP contribution in [0.5, 0.6) is 0 Å². The van der Waals surface area contributed by atoms with E-state index < -0.39 is 6.10 Å². The van der Waals surface area contributed by atoms with E-state index in [1.165, 1.54) is 5.56 Å². The summed E-state index contributed by atoms with van der Waals surface area (Å²) in [6, 6.07) is 0. The minimum Gasteiger partial charge on any atom is -0.389 e. The van der Waals surface area contributed by atoms with Crippen LogP contribution in [0.1, 0.15) is 32.0 Å². The van der Waals surface area contributed by atoms with E-state index >= 15 is 0 Å². The molecule has 0 amide bonds. The molecular formula is C13H25N3O2. The predicted octanol–water partition coefficient (Wildman–Crippen LogP) is 0.858. The van der Waals surface area contributed by atoms with Crippen LogP contribution in [-0.2, 0) is 24.8 Å². The Morgan fingerprint density at radius 1 is 1.50 bits per heavy atom. The number of nitrogens with one attached hydrogen (secondary N) is 1. The molecule has 1 aromatic rings. The summed E-state index contributed by atoms with van der Waals surface area (Å²) in [6.45, 7) is 7.66. The smallest absolute Gasteiger partial charge is 0.0897 e. The minimum absolute atomic E-state index is 0.157. The summed E-state index contributed by atoms with van der Waals surface area (Å²) in [5.74, 6) is 0. The van der Waals surface area contributed by atoms with Crippen molar-refractivity contribution in [3.63, 3.8) is 0 Å². The van der Waals surface area contributed by atoms with Gasteiger partial charge in [0.2, 0.25) is 0 Å². The first-order valence-corrected chi connectivity index (χ1v) is 6.54. The Kier molecular flexibility index (Phi) is 6.32. The van der Waals surface area contributed by atoms with Crippen LogP contribution in [0.25, 0.3) is 0 Å². The molecule has 0 aromatic carbocycles. The molecule has 0 aliphatic heterocycles. The normalized spacial score (nSPS) is 13.2. The van der Waals surface area contributed by atoms with Crippen LogP contribution in [-0.4, -0.2) is 40.2 Å². The summed E-state index contributed by atoms with van der Waals surface area (Å²) < 4.78 is 7.18. The number of hydrogen-bond donors (Lipinski definition) is 2. The standard InChI is InChI=1S/C13H25N3O2/c1-5-13-11(8-16(4)15-13)6-14-7-12(17)9-18-10(2)3/h8,10,12,14,17H,5-7,9H2,1-4H3. The van der Waals surface area contributed by atoms with E-state index in [1.807, 2.05) is 31.8 Å². The SMILES string of the molecule is CCc1nn(C)cc1CNCC(O)COC(C)C. The molecule has 0 aliphatic rings. The third-order valence-corrected chi connectivity index (χ3v) is 2.64. The second kappa shape index (κ2) is 7.51. The molecule has 0 radical (unpaired) electrons. The largest absolute Gasteiger partial charge is 0.389 e. The second-order valence-electron chi connectivity index (χ2n) is 4.80. The molecule has 0 spiro atoms. The summed E-state index contributed by atoms with van der Waals surface area (Å²) >= 11 is 0. The number of rotatable bonds is 8.